The summed E-state index contributed by atoms with van der Waals surface area (Å²) in [4.78, 5) is 19.2. The number of H-pyrrole nitrogens is 1. The molecule has 5 heteroatoms. The van der Waals surface area contributed by atoms with E-state index in [0.717, 1.165) is 18.4 Å². The van der Waals surface area contributed by atoms with E-state index in [1.54, 1.807) is 6.07 Å². The van der Waals surface area contributed by atoms with Gasteiger partial charge in [-0.05, 0) is 37.8 Å². The maximum Gasteiger partial charge on any atom is 0.262 e. The van der Waals surface area contributed by atoms with Gasteiger partial charge in [0.2, 0.25) is 5.88 Å². The van der Waals surface area contributed by atoms with Gasteiger partial charge in [0.15, 0.2) is 0 Å². The van der Waals surface area contributed by atoms with E-state index >= 15 is 0 Å². The van der Waals surface area contributed by atoms with Crippen molar-refractivity contribution >= 4 is 0 Å². The number of nitrogens with one attached hydrogen (secondary N) is 1. The van der Waals surface area contributed by atoms with Gasteiger partial charge in [-0.25, -0.2) is 0 Å². The number of ether oxygens (including phenoxy) is 1. The summed E-state index contributed by atoms with van der Waals surface area (Å²) < 4.78 is 5.68. The van der Waals surface area contributed by atoms with Crippen molar-refractivity contribution in [2.45, 2.75) is 38.9 Å². The first-order valence-electron chi connectivity index (χ1n) is 7.11. The lowest BCUT2D eigenvalue weighted by Crippen LogP contribution is -2.17. The summed E-state index contributed by atoms with van der Waals surface area (Å²) in [5, 5.41) is 10.2. The molecule has 1 aliphatic rings. The highest BCUT2D eigenvalue weighted by atomic mass is 16.5. The van der Waals surface area contributed by atoms with Crippen LogP contribution in [-0.2, 0) is 4.74 Å². The molecule has 1 aromatic carbocycles. The van der Waals surface area contributed by atoms with Gasteiger partial charge in [-0.15, -0.1) is 0 Å². The van der Waals surface area contributed by atoms with Crippen LogP contribution in [0, 0.1) is 6.92 Å². The van der Waals surface area contributed by atoms with Gasteiger partial charge in [-0.3, -0.25) is 4.79 Å². The summed E-state index contributed by atoms with van der Waals surface area (Å²) in [5.41, 5.74) is 1.48. The van der Waals surface area contributed by atoms with E-state index in [0.29, 0.717) is 11.4 Å². The maximum absolute atomic E-state index is 12.3. The molecule has 0 amide bonds. The van der Waals surface area contributed by atoms with Crippen molar-refractivity contribution in [1.29, 1.82) is 0 Å². The Morgan fingerprint density at radius 1 is 1.33 bits per heavy atom. The van der Waals surface area contributed by atoms with Crippen molar-refractivity contribution < 1.29 is 9.84 Å². The molecule has 1 aliphatic heterocycles. The van der Waals surface area contributed by atoms with Crippen molar-refractivity contribution in [2.24, 2.45) is 0 Å². The van der Waals surface area contributed by atoms with E-state index in [-0.39, 0.29) is 29.2 Å². The average molecular weight is 286 g/mol. The van der Waals surface area contributed by atoms with Crippen LogP contribution in [0.15, 0.2) is 29.1 Å². The second kappa shape index (κ2) is 5.33. The van der Waals surface area contributed by atoms with Crippen molar-refractivity contribution in [3.05, 3.63) is 46.0 Å². The summed E-state index contributed by atoms with van der Waals surface area (Å²) >= 11 is 0. The maximum atomic E-state index is 12.3. The summed E-state index contributed by atoms with van der Waals surface area (Å²) in [7, 11) is 0. The Morgan fingerprint density at radius 3 is 2.71 bits per heavy atom. The number of rotatable bonds is 2. The van der Waals surface area contributed by atoms with Crippen LogP contribution in [0.2, 0.25) is 0 Å². The van der Waals surface area contributed by atoms with Gasteiger partial charge in [-0.2, -0.15) is 4.98 Å². The normalized spacial score (nSPS) is 21.6. The summed E-state index contributed by atoms with van der Waals surface area (Å²) in [6, 6.07) is 7.41. The first-order valence-corrected chi connectivity index (χ1v) is 7.11. The molecule has 5 nitrogen and oxygen atoms in total. The van der Waals surface area contributed by atoms with Gasteiger partial charge in [0, 0.05) is 0 Å². The molecule has 0 saturated carbocycles. The lowest BCUT2D eigenvalue weighted by atomic mass is 10.0. The molecule has 1 aromatic heterocycles. The fourth-order valence-corrected chi connectivity index (χ4v) is 2.73. The Labute approximate surface area is 122 Å². The molecule has 1 saturated heterocycles. The number of aromatic hydroxyl groups is 1. The number of nitrogens with zero attached hydrogens (tertiary/aromatic N) is 1. The number of aromatic nitrogens is 2. The molecule has 21 heavy (non-hydrogen) atoms. The second-order valence-corrected chi connectivity index (χ2v) is 5.48. The van der Waals surface area contributed by atoms with Gasteiger partial charge in [-0.1, -0.05) is 24.3 Å². The van der Waals surface area contributed by atoms with Crippen LogP contribution in [0.1, 0.15) is 37.3 Å². The summed E-state index contributed by atoms with van der Waals surface area (Å²) in [5.74, 6) is 0.158. The van der Waals surface area contributed by atoms with Crippen LogP contribution in [0.3, 0.4) is 0 Å². The number of aryl methyl sites for hydroxylation is 1. The van der Waals surface area contributed by atoms with Crippen LogP contribution in [0.25, 0.3) is 11.1 Å². The van der Waals surface area contributed by atoms with Crippen LogP contribution in [0.4, 0.5) is 0 Å². The third-order valence-electron chi connectivity index (χ3n) is 3.87. The average Bonchev–Trinajstić information content (AvgIpc) is 2.87. The predicted octanol–water partition coefficient (Wildman–Crippen LogP) is 2.69. The number of hydrogen-bond donors (Lipinski definition) is 2. The van der Waals surface area contributed by atoms with Crippen LogP contribution in [-0.4, -0.2) is 21.2 Å². The predicted molar refractivity (Wildman–Crippen MR) is 79.2 cm³/mol. The lowest BCUT2D eigenvalue weighted by molar-refractivity contribution is 0.0498. The molecule has 3 rings (SSSR count). The molecule has 0 aliphatic carbocycles. The zero-order valence-electron chi connectivity index (χ0n) is 12.1. The number of aromatic amines is 1. The highest BCUT2D eigenvalue weighted by Gasteiger charge is 2.27. The zero-order chi connectivity index (χ0) is 15.0. The molecule has 2 heterocycles. The molecular weight excluding hydrogens is 268 g/mol. The van der Waals surface area contributed by atoms with Crippen LogP contribution >= 0.6 is 0 Å². The highest BCUT2D eigenvalue weighted by molar-refractivity contribution is 5.70. The Balaban J connectivity index is 2.05. The van der Waals surface area contributed by atoms with Crippen LogP contribution < -0.4 is 5.56 Å². The first-order chi connectivity index (χ1) is 10.1. The molecule has 0 radical (unpaired) electrons. The van der Waals surface area contributed by atoms with Gasteiger partial charge < -0.3 is 14.8 Å². The van der Waals surface area contributed by atoms with Crippen LogP contribution in [0.5, 0.6) is 5.88 Å². The minimum atomic E-state index is -0.338. The highest BCUT2D eigenvalue weighted by Crippen LogP contribution is 2.32. The molecule has 2 unspecified atom stereocenters. The smallest absolute Gasteiger partial charge is 0.262 e. The van der Waals surface area contributed by atoms with Gasteiger partial charge in [0.1, 0.15) is 17.5 Å². The molecule has 2 N–H and O–H groups in total. The van der Waals surface area contributed by atoms with Gasteiger partial charge in [0.25, 0.3) is 5.56 Å². The monoisotopic (exact) mass is 286 g/mol. The number of benzene rings is 1. The van der Waals surface area contributed by atoms with Crippen molar-refractivity contribution in [3.63, 3.8) is 0 Å². The minimum absolute atomic E-state index is 0.151. The third kappa shape index (κ3) is 2.56. The van der Waals surface area contributed by atoms with Crippen molar-refractivity contribution in [2.75, 3.05) is 0 Å². The molecule has 2 aromatic rings. The third-order valence-corrected chi connectivity index (χ3v) is 3.87. The lowest BCUT2D eigenvalue weighted by Gasteiger charge is -2.12. The Morgan fingerprint density at radius 2 is 2.10 bits per heavy atom. The van der Waals surface area contributed by atoms with Crippen molar-refractivity contribution in [3.8, 4) is 17.0 Å². The van der Waals surface area contributed by atoms with E-state index in [9.17, 15) is 9.90 Å². The largest absolute Gasteiger partial charge is 0.493 e. The molecule has 110 valence electrons. The fourth-order valence-electron chi connectivity index (χ4n) is 2.73. The molecule has 0 bridgehead atoms. The summed E-state index contributed by atoms with van der Waals surface area (Å²) in [6.07, 6.45) is 1.63. The Bertz CT molecular complexity index is 724. The zero-order valence-corrected chi connectivity index (χ0v) is 12.1. The Kier molecular flexibility index (Phi) is 3.51. The van der Waals surface area contributed by atoms with E-state index < -0.39 is 0 Å². The fraction of sp³-hybridized carbons (Fsp3) is 0.375. The van der Waals surface area contributed by atoms with E-state index in [2.05, 4.69) is 9.97 Å². The van der Waals surface area contributed by atoms with E-state index in [4.69, 9.17) is 4.74 Å². The van der Waals surface area contributed by atoms with E-state index in [1.807, 2.05) is 32.0 Å². The van der Waals surface area contributed by atoms with Gasteiger partial charge >= 0.3 is 0 Å². The minimum Gasteiger partial charge on any atom is -0.493 e. The van der Waals surface area contributed by atoms with Crippen molar-refractivity contribution in [1.82, 2.24) is 9.97 Å². The topological polar surface area (TPSA) is 75.2 Å². The second-order valence-electron chi connectivity index (χ2n) is 5.48. The first kappa shape index (κ1) is 13.8. The standard InChI is InChI=1S/C16H18N2O3/c1-9-5-3-4-6-11(9)13-15(19)17-14(18-16(13)20)12-8-7-10(2)21-12/h3-6,10,12H,7-8H2,1-2H3,(H2,17,18,19,20). The van der Waals surface area contributed by atoms with E-state index in [1.165, 1.54) is 0 Å². The molecular formula is C16H18N2O3. The quantitative estimate of drug-likeness (QED) is 0.890. The molecule has 0 spiro atoms. The number of hydrogen-bond acceptors (Lipinski definition) is 4. The Hall–Kier alpha value is -2.14. The summed E-state index contributed by atoms with van der Waals surface area (Å²) in [6.45, 7) is 3.88. The van der Waals surface area contributed by atoms with Gasteiger partial charge in [0.05, 0.1) is 6.10 Å². The molecule has 2 atom stereocenters. The molecule has 1 fully saturated rings. The SMILES string of the molecule is Cc1ccccc1-c1c(O)nc(C2CCC(C)O2)[nH]c1=O.